The second-order valence-electron chi connectivity index (χ2n) is 8.97. The summed E-state index contributed by atoms with van der Waals surface area (Å²) in [5.41, 5.74) is 3.97. The maximum absolute atomic E-state index is 13.2. The number of carbonyl (C=O) groups excluding carboxylic acids is 1. The number of hydrogen-bond acceptors (Lipinski definition) is 4. The van der Waals surface area contributed by atoms with Crippen molar-refractivity contribution in [1.82, 2.24) is 14.5 Å². The van der Waals surface area contributed by atoms with Crippen LogP contribution in [0.2, 0.25) is 0 Å². The third-order valence-electron chi connectivity index (χ3n) is 7.03. The van der Waals surface area contributed by atoms with Crippen molar-refractivity contribution in [3.63, 3.8) is 0 Å². The Hall–Kier alpha value is -2.86. The van der Waals surface area contributed by atoms with Gasteiger partial charge in [-0.2, -0.15) is 0 Å². The van der Waals surface area contributed by atoms with Crippen LogP contribution in [0.15, 0.2) is 48.8 Å². The molecule has 2 aliphatic rings. The highest BCUT2D eigenvalue weighted by Crippen LogP contribution is 2.38. The molecule has 1 saturated carbocycles. The zero-order chi connectivity index (χ0) is 21.9. The van der Waals surface area contributed by atoms with Gasteiger partial charge in [0.1, 0.15) is 11.3 Å². The summed E-state index contributed by atoms with van der Waals surface area (Å²) < 4.78 is 13.1. The van der Waals surface area contributed by atoms with Crippen molar-refractivity contribution in [2.75, 3.05) is 33.4 Å². The van der Waals surface area contributed by atoms with E-state index in [0.29, 0.717) is 43.7 Å². The molecule has 1 amide bonds. The topological polar surface area (TPSA) is 56.6 Å². The molecule has 1 saturated heterocycles. The molecule has 0 spiro atoms. The number of hydrogen-bond donors (Lipinski definition) is 0. The molecule has 0 N–H and O–H groups in total. The molecule has 1 aliphatic heterocycles. The minimum absolute atomic E-state index is 0.0671. The molecule has 1 aromatic carbocycles. The molecular weight excluding hydrogens is 402 g/mol. The highest BCUT2D eigenvalue weighted by atomic mass is 16.5. The van der Waals surface area contributed by atoms with Crippen LogP contribution in [0, 0.1) is 5.92 Å². The normalized spacial score (nSPS) is 21.6. The minimum Gasteiger partial charge on any atom is -0.497 e. The molecule has 5 rings (SSSR count). The predicted molar refractivity (Wildman–Crippen MR) is 124 cm³/mol. The molecule has 168 valence electrons. The van der Waals surface area contributed by atoms with Crippen LogP contribution in [0.25, 0.3) is 11.0 Å². The van der Waals surface area contributed by atoms with E-state index in [2.05, 4.69) is 33.8 Å². The smallest absolute Gasteiger partial charge is 0.257 e. The number of pyridine rings is 1. The molecule has 2 aromatic heterocycles. The fraction of sp³-hybridized carbons (Fsp3) is 0.462. The Labute approximate surface area is 189 Å². The van der Waals surface area contributed by atoms with E-state index in [1.165, 1.54) is 31.2 Å². The van der Waals surface area contributed by atoms with E-state index in [-0.39, 0.29) is 5.91 Å². The van der Waals surface area contributed by atoms with Gasteiger partial charge in [0, 0.05) is 32.0 Å². The molecular formula is C26H31N3O3. The summed E-state index contributed by atoms with van der Waals surface area (Å²) >= 11 is 0. The predicted octanol–water partition coefficient (Wildman–Crippen LogP) is 4.49. The SMILES string of the molecule is COc1cccc(C2CCC(Cn3cc(C(=O)N4CCOCC4)c4ncccc43)CC2)c1. The summed E-state index contributed by atoms with van der Waals surface area (Å²) in [6.07, 6.45) is 8.57. The number of rotatable bonds is 5. The van der Waals surface area contributed by atoms with Crippen LogP contribution >= 0.6 is 0 Å². The van der Waals surface area contributed by atoms with Gasteiger partial charge < -0.3 is 18.9 Å². The molecule has 6 heteroatoms. The maximum Gasteiger partial charge on any atom is 0.257 e. The van der Waals surface area contributed by atoms with E-state index in [1.807, 2.05) is 23.2 Å². The van der Waals surface area contributed by atoms with Gasteiger partial charge in [0.05, 0.1) is 31.4 Å². The third kappa shape index (κ3) is 4.24. The number of amides is 1. The quantitative estimate of drug-likeness (QED) is 0.595. The Morgan fingerprint density at radius 3 is 2.72 bits per heavy atom. The Kier molecular flexibility index (Phi) is 6.12. The Bertz CT molecular complexity index is 1080. The Morgan fingerprint density at radius 2 is 1.94 bits per heavy atom. The number of fused-ring (bicyclic) bond motifs is 1. The second kappa shape index (κ2) is 9.33. The van der Waals surface area contributed by atoms with Crippen molar-refractivity contribution in [1.29, 1.82) is 0 Å². The largest absolute Gasteiger partial charge is 0.497 e. The minimum atomic E-state index is 0.0671. The fourth-order valence-corrected chi connectivity index (χ4v) is 5.22. The van der Waals surface area contributed by atoms with Crippen molar-refractivity contribution in [2.24, 2.45) is 5.92 Å². The van der Waals surface area contributed by atoms with Crippen LogP contribution in [0.1, 0.15) is 47.5 Å². The number of morpholine rings is 1. The van der Waals surface area contributed by atoms with Gasteiger partial charge >= 0.3 is 0 Å². The van der Waals surface area contributed by atoms with Crippen LogP contribution in [0.3, 0.4) is 0 Å². The summed E-state index contributed by atoms with van der Waals surface area (Å²) in [4.78, 5) is 19.6. The molecule has 3 aromatic rings. The van der Waals surface area contributed by atoms with Crippen LogP contribution in [0.4, 0.5) is 0 Å². The van der Waals surface area contributed by atoms with E-state index in [0.717, 1.165) is 23.3 Å². The number of methoxy groups -OCH3 is 1. The standard InChI is InChI=1S/C26H31N3O3/c1-31-22-5-2-4-21(16-22)20-9-7-19(8-10-20)17-29-18-23(25-24(29)6-3-11-27-25)26(30)28-12-14-32-15-13-28/h2-6,11,16,18-20H,7-10,12-15,17H2,1H3. The summed E-state index contributed by atoms with van der Waals surface area (Å²) in [5, 5.41) is 0. The number of ether oxygens (including phenoxy) is 2. The third-order valence-corrected chi connectivity index (χ3v) is 7.03. The zero-order valence-electron chi connectivity index (χ0n) is 18.7. The highest BCUT2D eigenvalue weighted by Gasteiger charge is 2.26. The van der Waals surface area contributed by atoms with Gasteiger partial charge in [0.15, 0.2) is 0 Å². The molecule has 3 heterocycles. The lowest BCUT2D eigenvalue weighted by atomic mass is 9.78. The molecule has 1 aliphatic carbocycles. The van der Waals surface area contributed by atoms with Gasteiger partial charge in [0.25, 0.3) is 5.91 Å². The molecule has 0 bridgehead atoms. The summed E-state index contributed by atoms with van der Waals surface area (Å²) in [7, 11) is 1.73. The van der Waals surface area contributed by atoms with Crippen LogP contribution in [-0.4, -0.2) is 53.8 Å². The molecule has 32 heavy (non-hydrogen) atoms. The number of nitrogens with zero attached hydrogens (tertiary/aromatic N) is 3. The van der Waals surface area contributed by atoms with E-state index in [9.17, 15) is 4.79 Å². The monoisotopic (exact) mass is 433 g/mol. The van der Waals surface area contributed by atoms with Crippen molar-refractivity contribution < 1.29 is 14.3 Å². The second-order valence-corrected chi connectivity index (χ2v) is 8.97. The number of benzene rings is 1. The molecule has 0 unspecified atom stereocenters. The first kappa shape index (κ1) is 21.0. The zero-order valence-corrected chi connectivity index (χ0v) is 18.7. The van der Waals surface area contributed by atoms with E-state index < -0.39 is 0 Å². The number of aromatic nitrogens is 2. The first-order chi connectivity index (χ1) is 15.7. The van der Waals surface area contributed by atoms with Gasteiger partial charge in [-0.25, -0.2) is 0 Å². The first-order valence-corrected chi connectivity index (χ1v) is 11.7. The fourth-order valence-electron chi connectivity index (χ4n) is 5.22. The molecule has 0 radical (unpaired) electrons. The van der Waals surface area contributed by atoms with Crippen molar-refractivity contribution in [2.45, 2.75) is 38.1 Å². The maximum atomic E-state index is 13.2. The molecule has 0 atom stereocenters. The van der Waals surface area contributed by atoms with E-state index >= 15 is 0 Å². The van der Waals surface area contributed by atoms with Gasteiger partial charge in [0.2, 0.25) is 0 Å². The van der Waals surface area contributed by atoms with Gasteiger partial charge in [-0.15, -0.1) is 0 Å². The van der Waals surface area contributed by atoms with Gasteiger partial charge in [-0.05, 0) is 67.3 Å². The summed E-state index contributed by atoms with van der Waals surface area (Å²) in [6.45, 7) is 3.44. The van der Waals surface area contributed by atoms with Gasteiger partial charge in [-0.3, -0.25) is 9.78 Å². The van der Waals surface area contributed by atoms with Crippen molar-refractivity contribution in [3.05, 3.63) is 59.9 Å². The van der Waals surface area contributed by atoms with Crippen molar-refractivity contribution in [3.8, 4) is 5.75 Å². The lowest BCUT2D eigenvalue weighted by molar-refractivity contribution is 0.0304. The molecule has 2 fully saturated rings. The molecule has 6 nitrogen and oxygen atoms in total. The average molecular weight is 434 g/mol. The van der Waals surface area contributed by atoms with Crippen LogP contribution < -0.4 is 4.74 Å². The Morgan fingerprint density at radius 1 is 1.12 bits per heavy atom. The van der Waals surface area contributed by atoms with E-state index in [1.54, 1.807) is 13.3 Å². The van der Waals surface area contributed by atoms with Crippen molar-refractivity contribution >= 4 is 16.9 Å². The summed E-state index contributed by atoms with van der Waals surface area (Å²) in [6, 6.07) is 12.5. The highest BCUT2D eigenvalue weighted by molar-refractivity contribution is 6.05. The lowest BCUT2D eigenvalue weighted by Crippen LogP contribution is -2.40. The first-order valence-electron chi connectivity index (χ1n) is 11.7. The van der Waals surface area contributed by atoms with Gasteiger partial charge in [-0.1, -0.05) is 12.1 Å². The van der Waals surface area contributed by atoms with Crippen LogP contribution in [-0.2, 0) is 11.3 Å². The van der Waals surface area contributed by atoms with E-state index in [4.69, 9.17) is 9.47 Å². The lowest BCUT2D eigenvalue weighted by Gasteiger charge is -2.29. The summed E-state index contributed by atoms with van der Waals surface area (Å²) in [5.74, 6) is 2.22. The number of carbonyl (C=O) groups is 1. The average Bonchev–Trinajstić information content (AvgIpc) is 3.23. The van der Waals surface area contributed by atoms with Crippen LogP contribution in [0.5, 0.6) is 5.75 Å². The Balaban J connectivity index is 1.30.